The summed E-state index contributed by atoms with van der Waals surface area (Å²) in [5.41, 5.74) is 1.73. The standard InChI is InChI=1S/C17H21ClN2O3S2/c1-10(2)6-16(21)19-17-20(12-5-4-11(3)13(18)7-12)14-8-25(22,23)9-15(14)24-17/h4-5,7,10,14-15H,6,8-9H2,1-3H3/t14-,15-/m1/s1. The van der Waals surface area contributed by atoms with Crippen LogP contribution in [0.15, 0.2) is 23.2 Å². The van der Waals surface area contributed by atoms with Crippen LogP contribution >= 0.6 is 23.4 Å². The number of anilines is 1. The lowest BCUT2D eigenvalue weighted by Crippen LogP contribution is -2.37. The van der Waals surface area contributed by atoms with Crippen molar-refractivity contribution in [3.05, 3.63) is 28.8 Å². The number of aryl methyl sites for hydroxylation is 1. The Morgan fingerprint density at radius 2 is 2.12 bits per heavy atom. The number of thioether (sulfide) groups is 1. The first-order valence-electron chi connectivity index (χ1n) is 8.20. The maximum atomic E-state index is 12.2. The maximum Gasteiger partial charge on any atom is 0.248 e. The number of sulfone groups is 1. The van der Waals surface area contributed by atoms with Crippen LogP contribution in [0.2, 0.25) is 5.02 Å². The van der Waals surface area contributed by atoms with Gasteiger partial charge in [0.2, 0.25) is 5.91 Å². The molecule has 1 amide bonds. The van der Waals surface area contributed by atoms with Crippen LogP contribution in [0.4, 0.5) is 5.69 Å². The molecule has 0 radical (unpaired) electrons. The topological polar surface area (TPSA) is 66.8 Å². The van der Waals surface area contributed by atoms with Crippen LogP contribution in [0.3, 0.4) is 0 Å². The fourth-order valence-corrected chi connectivity index (χ4v) is 7.21. The molecule has 0 aromatic heterocycles. The van der Waals surface area contributed by atoms with E-state index >= 15 is 0 Å². The highest BCUT2D eigenvalue weighted by atomic mass is 35.5. The molecule has 1 aromatic rings. The lowest BCUT2D eigenvalue weighted by molar-refractivity contribution is -0.118. The molecule has 8 heteroatoms. The number of hydrogen-bond donors (Lipinski definition) is 0. The van der Waals surface area contributed by atoms with Gasteiger partial charge in [0.15, 0.2) is 15.0 Å². The Balaban J connectivity index is 1.99. The Morgan fingerprint density at radius 3 is 2.76 bits per heavy atom. The van der Waals surface area contributed by atoms with E-state index in [1.165, 1.54) is 11.8 Å². The first-order chi connectivity index (χ1) is 11.7. The van der Waals surface area contributed by atoms with E-state index in [-0.39, 0.29) is 34.6 Å². The van der Waals surface area contributed by atoms with Crippen molar-refractivity contribution in [3.63, 3.8) is 0 Å². The first kappa shape index (κ1) is 18.7. The van der Waals surface area contributed by atoms with Crippen molar-refractivity contribution >= 4 is 50.0 Å². The van der Waals surface area contributed by atoms with E-state index in [2.05, 4.69) is 4.99 Å². The number of amidine groups is 1. The van der Waals surface area contributed by atoms with Crippen LogP contribution in [0.1, 0.15) is 25.8 Å². The van der Waals surface area contributed by atoms with Crippen LogP contribution in [0, 0.1) is 12.8 Å². The van der Waals surface area contributed by atoms with E-state index in [1.54, 1.807) is 0 Å². The summed E-state index contributed by atoms with van der Waals surface area (Å²) in [5.74, 6) is 0.248. The number of rotatable bonds is 3. The van der Waals surface area contributed by atoms with E-state index in [4.69, 9.17) is 11.6 Å². The number of carbonyl (C=O) groups excluding carboxylic acids is 1. The van der Waals surface area contributed by atoms with Gasteiger partial charge < -0.3 is 4.90 Å². The lowest BCUT2D eigenvalue weighted by Gasteiger charge is -2.25. The Kier molecular flexibility index (Phi) is 5.19. The monoisotopic (exact) mass is 400 g/mol. The van der Waals surface area contributed by atoms with Crippen molar-refractivity contribution in [3.8, 4) is 0 Å². The van der Waals surface area contributed by atoms with Crippen molar-refractivity contribution in [2.75, 3.05) is 16.4 Å². The molecule has 2 saturated heterocycles. The molecule has 0 bridgehead atoms. The third-order valence-electron chi connectivity index (χ3n) is 4.30. The molecule has 0 spiro atoms. The normalized spacial score (nSPS) is 26.4. The zero-order valence-corrected chi connectivity index (χ0v) is 16.8. The Bertz CT molecular complexity index is 836. The van der Waals surface area contributed by atoms with Gasteiger partial charge in [-0.1, -0.05) is 43.3 Å². The molecular weight excluding hydrogens is 380 g/mol. The van der Waals surface area contributed by atoms with Crippen molar-refractivity contribution in [2.24, 2.45) is 10.9 Å². The van der Waals surface area contributed by atoms with E-state index in [0.29, 0.717) is 16.6 Å². The zero-order valence-electron chi connectivity index (χ0n) is 14.4. The third kappa shape index (κ3) is 4.04. The van der Waals surface area contributed by atoms with E-state index in [9.17, 15) is 13.2 Å². The SMILES string of the molecule is Cc1ccc(N2C(=NC(=O)CC(C)C)S[C@@H]3CS(=O)(=O)C[C@H]32)cc1Cl. The number of halogens is 1. The largest absolute Gasteiger partial charge is 0.316 e. The summed E-state index contributed by atoms with van der Waals surface area (Å²) >= 11 is 7.64. The molecule has 0 aliphatic carbocycles. The predicted octanol–water partition coefficient (Wildman–Crippen LogP) is 3.30. The number of carbonyl (C=O) groups is 1. The quantitative estimate of drug-likeness (QED) is 0.778. The van der Waals surface area contributed by atoms with Crippen LogP contribution in [-0.4, -0.2) is 42.3 Å². The van der Waals surface area contributed by atoms with Crippen LogP contribution in [0.5, 0.6) is 0 Å². The fraction of sp³-hybridized carbons (Fsp3) is 0.529. The molecule has 0 unspecified atom stereocenters. The molecular formula is C17H21ClN2O3S2. The molecule has 1 aromatic carbocycles. The van der Waals surface area contributed by atoms with E-state index in [0.717, 1.165) is 11.3 Å². The summed E-state index contributed by atoms with van der Waals surface area (Å²) in [5, 5.41) is 1.09. The second-order valence-corrected chi connectivity index (χ2v) is 10.8. The van der Waals surface area contributed by atoms with Crippen LogP contribution in [0.25, 0.3) is 0 Å². The molecule has 136 valence electrons. The highest BCUT2D eigenvalue weighted by Crippen LogP contribution is 2.41. The number of aliphatic imine (C=N–C) groups is 1. The molecule has 2 heterocycles. The number of benzene rings is 1. The van der Waals surface area contributed by atoms with Gasteiger partial charge in [0.05, 0.1) is 17.5 Å². The summed E-state index contributed by atoms with van der Waals surface area (Å²) in [6.07, 6.45) is 0.375. The van der Waals surface area contributed by atoms with Gasteiger partial charge in [0.1, 0.15) is 0 Å². The number of fused-ring (bicyclic) bond motifs is 1. The van der Waals surface area contributed by atoms with Crippen molar-refractivity contribution < 1.29 is 13.2 Å². The number of amides is 1. The molecule has 25 heavy (non-hydrogen) atoms. The highest BCUT2D eigenvalue weighted by Gasteiger charge is 2.49. The molecule has 5 nitrogen and oxygen atoms in total. The summed E-state index contributed by atoms with van der Waals surface area (Å²) in [6.45, 7) is 5.85. The van der Waals surface area contributed by atoms with Gasteiger partial charge in [-0.2, -0.15) is 4.99 Å². The Morgan fingerprint density at radius 1 is 1.40 bits per heavy atom. The van der Waals surface area contributed by atoms with Crippen molar-refractivity contribution in [1.29, 1.82) is 0 Å². The van der Waals surface area contributed by atoms with E-state index < -0.39 is 9.84 Å². The minimum absolute atomic E-state index is 0.0769. The zero-order chi connectivity index (χ0) is 18.4. The molecule has 3 rings (SSSR count). The van der Waals surface area contributed by atoms with Gasteiger partial charge in [-0.3, -0.25) is 4.79 Å². The van der Waals surface area contributed by atoms with Gasteiger partial charge in [0, 0.05) is 22.4 Å². The maximum absolute atomic E-state index is 12.2. The average Bonchev–Trinajstić information content (AvgIpc) is 2.92. The molecule has 0 N–H and O–H groups in total. The minimum atomic E-state index is -3.07. The van der Waals surface area contributed by atoms with Crippen LogP contribution in [-0.2, 0) is 14.6 Å². The van der Waals surface area contributed by atoms with Crippen molar-refractivity contribution in [1.82, 2.24) is 0 Å². The van der Waals surface area contributed by atoms with E-state index in [1.807, 2.05) is 43.9 Å². The smallest absolute Gasteiger partial charge is 0.248 e. The second kappa shape index (κ2) is 6.93. The molecule has 2 aliphatic heterocycles. The number of hydrogen-bond acceptors (Lipinski definition) is 4. The third-order valence-corrected chi connectivity index (χ3v) is 7.92. The Labute approximate surface area is 157 Å². The summed E-state index contributed by atoms with van der Waals surface area (Å²) in [4.78, 5) is 18.3. The predicted molar refractivity (Wildman–Crippen MR) is 104 cm³/mol. The van der Waals surface area contributed by atoms with Gasteiger partial charge >= 0.3 is 0 Å². The average molecular weight is 401 g/mol. The van der Waals surface area contributed by atoms with Gasteiger partial charge in [-0.15, -0.1) is 0 Å². The Hall–Kier alpha value is -1.05. The fourth-order valence-electron chi connectivity index (χ4n) is 3.10. The molecule has 0 saturated carbocycles. The lowest BCUT2D eigenvalue weighted by atomic mass is 10.1. The van der Waals surface area contributed by atoms with Gasteiger partial charge in [-0.05, 0) is 30.5 Å². The second-order valence-electron chi connectivity index (χ2n) is 6.99. The highest BCUT2D eigenvalue weighted by molar-refractivity contribution is 8.16. The number of nitrogens with zero attached hydrogens (tertiary/aromatic N) is 2. The summed E-state index contributed by atoms with van der Waals surface area (Å²) in [7, 11) is -3.07. The van der Waals surface area contributed by atoms with Gasteiger partial charge in [-0.25, -0.2) is 8.42 Å². The molecule has 2 fully saturated rings. The molecule has 2 atom stereocenters. The van der Waals surface area contributed by atoms with Gasteiger partial charge in [0.25, 0.3) is 0 Å². The van der Waals surface area contributed by atoms with Crippen molar-refractivity contribution in [2.45, 2.75) is 38.5 Å². The summed E-state index contributed by atoms with van der Waals surface area (Å²) < 4.78 is 24.1. The minimum Gasteiger partial charge on any atom is -0.316 e. The van der Waals surface area contributed by atoms with Crippen LogP contribution < -0.4 is 4.90 Å². The molecule has 2 aliphatic rings. The summed E-state index contributed by atoms with van der Waals surface area (Å²) in [6, 6.07) is 5.40. The first-order valence-corrected chi connectivity index (χ1v) is 11.3.